The van der Waals surface area contributed by atoms with E-state index in [2.05, 4.69) is 0 Å². The van der Waals surface area contributed by atoms with Gasteiger partial charge < -0.3 is 14.2 Å². The largest absolute Gasteiger partial charge is 0.497 e. The Morgan fingerprint density at radius 2 is 2.10 bits per heavy atom. The summed E-state index contributed by atoms with van der Waals surface area (Å²) in [6.45, 7) is 0.582. The van der Waals surface area contributed by atoms with Crippen molar-refractivity contribution in [2.24, 2.45) is 0 Å². The summed E-state index contributed by atoms with van der Waals surface area (Å²) in [7, 11) is 3.20. The molecule has 1 heterocycles. The van der Waals surface area contributed by atoms with Gasteiger partial charge in [0.25, 0.3) is 0 Å². The fourth-order valence-corrected chi connectivity index (χ4v) is 1.98. The molecule has 0 bridgehead atoms. The Bertz CT molecular complexity index is 539. The van der Waals surface area contributed by atoms with Crippen molar-refractivity contribution in [2.45, 2.75) is 6.61 Å². The molecule has 1 aromatic rings. The average Bonchev–Trinajstić information content (AvgIpc) is 2.90. The molecule has 5 nitrogen and oxygen atoms in total. The number of nitrogens with zero attached hydrogens (tertiary/aromatic N) is 1. The van der Waals surface area contributed by atoms with Gasteiger partial charge in [-0.3, -0.25) is 4.90 Å². The summed E-state index contributed by atoms with van der Waals surface area (Å²) in [5, 5.41) is 0.314. The van der Waals surface area contributed by atoms with Crippen LogP contribution in [0.15, 0.2) is 36.0 Å². The van der Waals surface area contributed by atoms with E-state index in [-0.39, 0.29) is 6.61 Å². The minimum atomic E-state index is -0.472. The molecule has 0 spiro atoms. The second-order valence-electron chi connectivity index (χ2n) is 4.15. The highest BCUT2D eigenvalue weighted by Crippen LogP contribution is 2.15. The number of hydrogen-bond donors (Lipinski definition) is 0. The van der Waals surface area contributed by atoms with E-state index < -0.39 is 6.09 Å². The van der Waals surface area contributed by atoms with Gasteiger partial charge >= 0.3 is 6.09 Å². The monoisotopic (exact) mass is 293 g/mol. The van der Waals surface area contributed by atoms with Gasteiger partial charge in [0.05, 0.1) is 12.8 Å². The zero-order valence-corrected chi connectivity index (χ0v) is 12.1. The van der Waals surface area contributed by atoms with Crippen molar-refractivity contribution in [2.75, 3.05) is 20.8 Å². The molecule has 0 aliphatic carbocycles. The quantitative estimate of drug-likeness (QED) is 0.798. The topological polar surface area (TPSA) is 48.0 Å². The highest BCUT2D eigenvalue weighted by Gasteiger charge is 2.22. The lowest BCUT2D eigenvalue weighted by molar-refractivity contribution is 0.115. The number of rotatable bonds is 4. The minimum absolute atomic E-state index is 0.189. The fourth-order valence-electron chi connectivity index (χ4n) is 1.69. The van der Waals surface area contributed by atoms with Crippen LogP contribution in [0.2, 0.25) is 0 Å². The lowest BCUT2D eigenvalue weighted by Gasteiger charge is -2.17. The van der Waals surface area contributed by atoms with Gasteiger partial charge in [0.1, 0.15) is 19.0 Å². The van der Waals surface area contributed by atoms with Gasteiger partial charge in [-0.1, -0.05) is 12.1 Å². The average molecular weight is 293 g/mol. The molecule has 1 amide bonds. The Balaban J connectivity index is 1.89. The molecule has 106 valence electrons. The number of benzene rings is 1. The van der Waals surface area contributed by atoms with Gasteiger partial charge in [0.2, 0.25) is 5.05 Å². The lowest BCUT2D eigenvalue weighted by Crippen LogP contribution is -2.28. The molecule has 1 aliphatic heterocycles. The predicted octanol–water partition coefficient (Wildman–Crippen LogP) is 2.51. The highest BCUT2D eigenvalue weighted by molar-refractivity contribution is 7.80. The second-order valence-corrected chi connectivity index (χ2v) is 4.52. The van der Waals surface area contributed by atoms with Crippen molar-refractivity contribution < 1.29 is 19.0 Å². The third-order valence-corrected chi connectivity index (χ3v) is 3.18. The van der Waals surface area contributed by atoms with Crippen molar-refractivity contribution >= 4 is 23.4 Å². The Labute approximate surface area is 122 Å². The first kappa shape index (κ1) is 14.3. The maximum atomic E-state index is 11.9. The number of ether oxygens (including phenoxy) is 3. The Hall–Kier alpha value is -2.08. The molecule has 0 fully saturated rings. The molecule has 0 N–H and O–H groups in total. The zero-order valence-electron chi connectivity index (χ0n) is 11.3. The van der Waals surface area contributed by atoms with Crippen LogP contribution in [0.3, 0.4) is 0 Å². The maximum absolute atomic E-state index is 11.9. The molecule has 6 heteroatoms. The van der Waals surface area contributed by atoms with Crippen LogP contribution in [0, 0.1) is 0 Å². The lowest BCUT2D eigenvalue weighted by atomic mass is 10.2. The molecule has 0 radical (unpaired) electrons. The van der Waals surface area contributed by atoms with Crippen molar-refractivity contribution in [3.8, 4) is 5.75 Å². The van der Waals surface area contributed by atoms with Crippen molar-refractivity contribution in [1.29, 1.82) is 0 Å². The van der Waals surface area contributed by atoms with Crippen molar-refractivity contribution in [3.63, 3.8) is 0 Å². The number of likely N-dealkylation sites (N-methyl/N-ethyl adjacent to an activating group) is 1. The summed E-state index contributed by atoms with van der Waals surface area (Å²) in [6.07, 6.45) is 1.27. The Morgan fingerprint density at radius 1 is 1.40 bits per heavy atom. The number of carbonyl (C=O) groups excluding carboxylic acids is 1. The van der Waals surface area contributed by atoms with Gasteiger partial charge in [-0.2, -0.15) is 0 Å². The van der Waals surface area contributed by atoms with Crippen molar-refractivity contribution in [3.05, 3.63) is 41.6 Å². The number of hydrogen-bond acceptors (Lipinski definition) is 5. The van der Waals surface area contributed by atoms with E-state index in [9.17, 15) is 4.79 Å². The number of thiocarbonyl (C=S) groups is 1. The van der Waals surface area contributed by atoms with Crippen LogP contribution in [-0.2, 0) is 16.1 Å². The van der Waals surface area contributed by atoms with E-state index in [1.165, 1.54) is 4.90 Å². The molecule has 0 atom stereocenters. The van der Waals surface area contributed by atoms with Crippen LogP contribution in [0.1, 0.15) is 5.56 Å². The van der Waals surface area contributed by atoms with Crippen molar-refractivity contribution in [1.82, 2.24) is 4.90 Å². The smallest absolute Gasteiger partial charge is 0.414 e. The van der Waals surface area contributed by atoms with E-state index in [0.29, 0.717) is 17.4 Å². The van der Waals surface area contributed by atoms with E-state index in [4.69, 9.17) is 26.4 Å². The third kappa shape index (κ3) is 3.27. The van der Waals surface area contributed by atoms with E-state index >= 15 is 0 Å². The van der Waals surface area contributed by atoms with Crippen LogP contribution < -0.4 is 4.74 Å². The van der Waals surface area contributed by atoms with Gasteiger partial charge in [-0.05, 0) is 36.0 Å². The summed E-state index contributed by atoms with van der Waals surface area (Å²) in [4.78, 5) is 13.2. The van der Waals surface area contributed by atoms with Crippen LogP contribution in [0.4, 0.5) is 4.79 Å². The fraction of sp³-hybridized carbons (Fsp3) is 0.286. The summed E-state index contributed by atoms with van der Waals surface area (Å²) in [5.41, 5.74) is 1.45. The third-order valence-electron chi connectivity index (χ3n) is 2.86. The zero-order chi connectivity index (χ0) is 14.5. The highest BCUT2D eigenvalue weighted by atomic mass is 32.1. The molecule has 2 rings (SSSR count). The van der Waals surface area contributed by atoms with E-state index in [1.807, 2.05) is 24.3 Å². The van der Waals surface area contributed by atoms with Gasteiger partial charge in [0.15, 0.2) is 0 Å². The molecule has 1 aromatic carbocycles. The first-order valence-electron chi connectivity index (χ1n) is 6.02. The number of methoxy groups -OCH3 is 1. The minimum Gasteiger partial charge on any atom is -0.497 e. The summed E-state index contributed by atoms with van der Waals surface area (Å²) in [5.74, 6) is 0.760. The second kappa shape index (κ2) is 6.38. The maximum Gasteiger partial charge on any atom is 0.414 e. The molecule has 20 heavy (non-hydrogen) atoms. The normalized spacial score (nSPS) is 13.5. The predicted molar refractivity (Wildman–Crippen MR) is 77.6 cm³/mol. The molecular weight excluding hydrogens is 278 g/mol. The van der Waals surface area contributed by atoms with Crippen LogP contribution in [0.25, 0.3) is 0 Å². The SMILES string of the molecule is COc1ccc(COC(=O)N(C)C2=CCOC2=S)cc1. The standard InChI is InChI=1S/C14H15NO4S/c1-15(12-7-8-18-13(12)20)14(16)19-9-10-3-5-11(17-2)6-4-10/h3-7H,8-9H2,1-2H3. The molecule has 0 saturated heterocycles. The first-order chi connectivity index (χ1) is 9.61. The van der Waals surface area contributed by atoms with Gasteiger partial charge in [-0.25, -0.2) is 4.79 Å². The summed E-state index contributed by atoms with van der Waals surface area (Å²) in [6, 6.07) is 7.31. The molecule has 1 aliphatic rings. The van der Waals surface area contributed by atoms with Gasteiger partial charge in [-0.15, -0.1) is 0 Å². The summed E-state index contributed by atoms with van der Waals surface area (Å²) < 4.78 is 15.4. The number of carbonyl (C=O) groups is 1. The molecule has 0 saturated carbocycles. The summed E-state index contributed by atoms with van der Waals surface area (Å²) >= 11 is 4.99. The molecule has 0 unspecified atom stereocenters. The van der Waals surface area contributed by atoms with Crippen LogP contribution >= 0.6 is 12.2 Å². The Kier molecular flexibility index (Phi) is 4.57. The van der Waals surface area contributed by atoms with E-state index in [1.54, 1.807) is 20.2 Å². The van der Waals surface area contributed by atoms with Crippen LogP contribution in [0.5, 0.6) is 5.75 Å². The van der Waals surface area contributed by atoms with E-state index in [0.717, 1.165) is 11.3 Å². The Morgan fingerprint density at radius 3 is 2.65 bits per heavy atom. The molecular formula is C14H15NO4S. The number of amides is 1. The van der Waals surface area contributed by atoms with Crippen LogP contribution in [-0.4, -0.2) is 36.8 Å². The van der Waals surface area contributed by atoms with Gasteiger partial charge in [0, 0.05) is 7.05 Å². The molecule has 0 aromatic heterocycles. The first-order valence-corrected chi connectivity index (χ1v) is 6.43.